The third kappa shape index (κ3) is 4.17. The van der Waals surface area contributed by atoms with Gasteiger partial charge in [-0.3, -0.25) is 4.79 Å². The monoisotopic (exact) mass is 220 g/mol. The van der Waals surface area contributed by atoms with E-state index >= 15 is 0 Å². The van der Waals surface area contributed by atoms with E-state index in [1.54, 1.807) is 7.11 Å². The summed E-state index contributed by atoms with van der Waals surface area (Å²) in [6, 6.07) is 7.65. The predicted octanol–water partition coefficient (Wildman–Crippen LogP) is 2.66. The molecule has 0 heterocycles. The number of benzene rings is 1. The second kappa shape index (κ2) is 5.95. The van der Waals surface area contributed by atoms with Crippen LogP contribution in [0.3, 0.4) is 0 Å². The molecule has 0 unspecified atom stereocenters. The average molecular weight is 220 g/mol. The zero-order valence-electron chi connectivity index (χ0n) is 9.77. The van der Waals surface area contributed by atoms with Crippen molar-refractivity contribution in [3.63, 3.8) is 0 Å². The van der Waals surface area contributed by atoms with Crippen LogP contribution in [0.5, 0.6) is 5.75 Å². The number of rotatable bonds is 4. The third-order valence-electron chi connectivity index (χ3n) is 2.03. The molecular formula is C13H16O3. The Bertz CT molecular complexity index is 365. The van der Waals surface area contributed by atoms with Crippen LogP contribution in [0, 0.1) is 0 Å². The Morgan fingerprint density at radius 2 is 1.94 bits per heavy atom. The molecule has 0 aliphatic carbocycles. The zero-order valence-corrected chi connectivity index (χ0v) is 9.77. The molecule has 0 fully saturated rings. The van der Waals surface area contributed by atoms with Gasteiger partial charge in [0.2, 0.25) is 0 Å². The fourth-order valence-electron chi connectivity index (χ4n) is 1.26. The van der Waals surface area contributed by atoms with E-state index in [-0.39, 0.29) is 12.1 Å². The maximum atomic E-state index is 10.7. The molecule has 0 bridgehead atoms. The van der Waals surface area contributed by atoms with E-state index < -0.39 is 0 Å². The topological polar surface area (TPSA) is 35.5 Å². The summed E-state index contributed by atoms with van der Waals surface area (Å²) >= 11 is 0. The lowest BCUT2D eigenvalue weighted by Gasteiger charge is -2.06. The summed E-state index contributed by atoms with van der Waals surface area (Å²) in [6.45, 7) is 3.22. The molecule has 1 aromatic rings. The molecule has 0 saturated heterocycles. The number of hydrogen-bond acceptors (Lipinski definition) is 3. The number of carbonyl (C=O) groups excluding carboxylic acids is 1. The molecule has 0 amide bonds. The van der Waals surface area contributed by atoms with E-state index in [2.05, 4.69) is 0 Å². The van der Waals surface area contributed by atoms with Gasteiger partial charge in [-0.2, -0.15) is 0 Å². The summed E-state index contributed by atoms with van der Waals surface area (Å²) in [6.07, 6.45) is 3.54. The summed E-state index contributed by atoms with van der Waals surface area (Å²) in [4.78, 5) is 10.7. The van der Waals surface area contributed by atoms with Crippen molar-refractivity contribution in [3.8, 4) is 5.75 Å². The lowest BCUT2D eigenvalue weighted by atomic mass is 10.2. The van der Waals surface area contributed by atoms with Gasteiger partial charge in [0.25, 0.3) is 0 Å². The molecule has 0 aliphatic heterocycles. The van der Waals surface area contributed by atoms with Crippen molar-refractivity contribution in [1.29, 1.82) is 0 Å². The van der Waals surface area contributed by atoms with Crippen molar-refractivity contribution in [2.24, 2.45) is 0 Å². The van der Waals surface area contributed by atoms with Gasteiger partial charge in [-0.05, 0) is 30.7 Å². The van der Waals surface area contributed by atoms with E-state index in [1.807, 2.05) is 43.3 Å². The number of ether oxygens (including phenoxy) is 2. The molecule has 0 radical (unpaired) electrons. The van der Waals surface area contributed by atoms with Gasteiger partial charge in [-0.15, -0.1) is 0 Å². The van der Waals surface area contributed by atoms with Crippen LogP contribution >= 0.6 is 0 Å². The zero-order chi connectivity index (χ0) is 12.0. The first-order chi connectivity index (χ1) is 7.61. The first-order valence-electron chi connectivity index (χ1n) is 5.11. The van der Waals surface area contributed by atoms with Crippen LogP contribution in [-0.2, 0) is 9.53 Å². The molecule has 16 heavy (non-hydrogen) atoms. The van der Waals surface area contributed by atoms with Gasteiger partial charge >= 0.3 is 5.97 Å². The van der Waals surface area contributed by atoms with E-state index in [4.69, 9.17) is 9.47 Å². The molecule has 1 atom stereocenters. The molecule has 3 nitrogen and oxygen atoms in total. The summed E-state index contributed by atoms with van der Waals surface area (Å²) in [5.41, 5.74) is 1.04. The molecule has 0 spiro atoms. The molecule has 0 N–H and O–H groups in total. The maximum Gasteiger partial charge on any atom is 0.303 e. The SMILES string of the molecule is COc1ccc(/C=C/[C@@H](C)OC(C)=O)cc1. The van der Waals surface area contributed by atoms with Crippen molar-refractivity contribution >= 4 is 12.0 Å². The maximum absolute atomic E-state index is 10.7. The summed E-state index contributed by atoms with van der Waals surface area (Å²) in [7, 11) is 1.63. The molecule has 0 aromatic heterocycles. The van der Waals surface area contributed by atoms with Gasteiger partial charge in [0.15, 0.2) is 0 Å². The van der Waals surface area contributed by atoms with Gasteiger partial charge in [0.1, 0.15) is 11.9 Å². The van der Waals surface area contributed by atoms with Crippen LogP contribution in [-0.4, -0.2) is 19.2 Å². The highest BCUT2D eigenvalue weighted by Gasteiger charge is 1.99. The van der Waals surface area contributed by atoms with Gasteiger partial charge in [0.05, 0.1) is 7.11 Å². The van der Waals surface area contributed by atoms with Crippen LogP contribution in [0.2, 0.25) is 0 Å². The highest BCUT2D eigenvalue weighted by atomic mass is 16.5. The van der Waals surface area contributed by atoms with Crippen LogP contribution in [0.1, 0.15) is 19.4 Å². The van der Waals surface area contributed by atoms with Crippen molar-refractivity contribution in [2.75, 3.05) is 7.11 Å². The van der Waals surface area contributed by atoms with E-state index in [9.17, 15) is 4.79 Å². The Labute approximate surface area is 95.7 Å². The molecule has 1 rings (SSSR count). The average Bonchev–Trinajstić information content (AvgIpc) is 2.26. The summed E-state index contributed by atoms with van der Waals surface area (Å²) in [5, 5.41) is 0. The fraction of sp³-hybridized carbons (Fsp3) is 0.308. The molecule has 0 saturated carbocycles. The lowest BCUT2D eigenvalue weighted by molar-refractivity contribution is -0.143. The highest BCUT2D eigenvalue weighted by Crippen LogP contribution is 2.12. The van der Waals surface area contributed by atoms with Crippen LogP contribution < -0.4 is 4.74 Å². The minimum absolute atomic E-state index is 0.209. The Kier molecular flexibility index (Phi) is 4.58. The van der Waals surface area contributed by atoms with Gasteiger partial charge < -0.3 is 9.47 Å². The highest BCUT2D eigenvalue weighted by molar-refractivity contribution is 5.66. The molecule has 3 heteroatoms. The number of carbonyl (C=O) groups is 1. The van der Waals surface area contributed by atoms with Gasteiger partial charge in [-0.1, -0.05) is 18.2 Å². The van der Waals surface area contributed by atoms with Crippen LogP contribution in [0.15, 0.2) is 30.3 Å². The van der Waals surface area contributed by atoms with Crippen molar-refractivity contribution in [1.82, 2.24) is 0 Å². The molecule has 0 aliphatic rings. The largest absolute Gasteiger partial charge is 0.497 e. The Morgan fingerprint density at radius 1 is 1.31 bits per heavy atom. The Hall–Kier alpha value is -1.77. The molecule has 86 valence electrons. The minimum atomic E-state index is -0.271. The smallest absolute Gasteiger partial charge is 0.303 e. The second-order valence-corrected chi connectivity index (χ2v) is 3.45. The normalized spacial score (nSPS) is 12.4. The third-order valence-corrected chi connectivity index (χ3v) is 2.03. The Morgan fingerprint density at radius 3 is 2.44 bits per heavy atom. The predicted molar refractivity (Wildman–Crippen MR) is 63.3 cm³/mol. The number of esters is 1. The summed E-state index contributed by atoms with van der Waals surface area (Å²) < 4.78 is 10.0. The first kappa shape index (κ1) is 12.3. The summed E-state index contributed by atoms with van der Waals surface area (Å²) in [5.74, 6) is 0.553. The second-order valence-electron chi connectivity index (χ2n) is 3.45. The quantitative estimate of drug-likeness (QED) is 0.732. The minimum Gasteiger partial charge on any atom is -0.497 e. The Balaban J connectivity index is 2.58. The van der Waals surface area contributed by atoms with Crippen molar-refractivity contribution in [3.05, 3.63) is 35.9 Å². The van der Waals surface area contributed by atoms with Crippen LogP contribution in [0.4, 0.5) is 0 Å². The fourth-order valence-corrected chi connectivity index (χ4v) is 1.26. The first-order valence-corrected chi connectivity index (χ1v) is 5.11. The lowest BCUT2D eigenvalue weighted by Crippen LogP contribution is -2.08. The number of hydrogen-bond donors (Lipinski definition) is 0. The van der Waals surface area contributed by atoms with Crippen molar-refractivity contribution < 1.29 is 14.3 Å². The van der Waals surface area contributed by atoms with Gasteiger partial charge in [0, 0.05) is 6.92 Å². The standard InChI is InChI=1S/C13H16O3/c1-10(16-11(2)14)4-5-12-6-8-13(15-3)9-7-12/h4-10H,1-3H3/b5-4+/t10-/m1/s1. The van der Waals surface area contributed by atoms with E-state index in [0.29, 0.717) is 0 Å². The van der Waals surface area contributed by atoms with E-state index in [1.165, 1.54) is 6.92 Å². The van der Waals surface area contributed by atoms with Crippen molar-refractivity contribution in [2.45, 2.75) is 20.0 Å². The van der Waals surface area contributed by atoms with E-state index in [0.717, 1.165) is 11.3 Å². The molecule has 1 aromatic carbocycles. The van der Waals surface area contributed by atoms with Gasteiger partial charge in [-0.25, -0.2) is 0 Å². The molecular weight excluding hydrogens is 204 g/mol. The number of methoxy groups -OCH3 is 1. The van der Waals surface area contributed by atoms with Crippen LogP contribution in [0.25, 0.3) is 6.08 Å².